The molecule has 1 fully saturated rings. The third kappa shape index (κ3) is 1.83. The van der Waals surface area contributed by atoms with Gasteiger partial charge in [-0.15, -0.1) is 10.2 Å². The largest absolute Gasteiger partial charge is 0.382 e. The molecule has 1 heterocycles. The molecule has 3 atom stereocenters. The molecule has 2 aliphatic carbocycles. The van der Waals surface area contributed by atoms with Gasteiger partial charge in [-0.1, -0.05) is 24.3 Å². The van der Waals surface area contributed by atoms with E-state index in [4.69, 9.17) is 0 Å². The number of fused-ring (bicyclic) bond motifs is 1. The number of anilines is 1. The zero-order valence-corrected chi connectivity index (χ0v) is 11.5. The Bertz CT molecular complexity index is 658. The number of benzene rings is 1. The summed E-state index contributed by atoms with van der Waals surface area (Å²) in [6, 6.07) is 9.04. The number of hydrogen-bond acceptors (Lipinski definition) is 3. The van der Waals surface area contributed by atoms with E-state index in [1.807, 2.05) is 11.6 Å². The first-order valence-corrected chi connectivity index (χ1v) is 7.19. The molecule has 1 aromatic heterocycles. The van der Waals surface area contributed by atoms with Crippen LogP contribution < -0.4 is 5.32 Å². The van der Waals surface area contributed by atoms with Crippen LogP contribution in [-0.4, -0.2) is 20.8 Å². The maximum Gasteiger partial charge on any atom is 0.163 e. The van der Waals surface area contributed by atoms with Gasteiger partial charge in [0.1, 0.15) is 6.33 Å². The highest BCUT2D eigenvalue weighted by atomic mass is 15.2. The first-order valence-electron chi connectivity index (χ1n) is 7.19. The highest BCUT2D eigenvalue weighted by Gasteiger charge is 2.40. The fourth-order valence-corrected chi connectivity index (χ4v) is 3.39. The molecule has 1 saturated carbocycles. The third-order valence-corrected chi connectivity index (χ3v) is 4.55. The van der Waals surface area contributed by atoms with E-state index < -0.39 is 0 Å². The Morgan fingerprint density at radius 1 is 1.35 bits per heavy atom. The zero-order chi connectivity index (χ0) is 13.5. The molecule has 0 aliphatic heterocycles. The molecule has 3 unspecified atom stereocenters. The average molecular weight is 266 g/mol. The van der Waals surface area contributed by atoms with E-state index in [0.717, 1.165) is 23.2 Å². The maximum absolute atomic E-state index is 4.17. The Kier molecular flexibility index (Phi) is 2.62. The first kappa shape index (κ1) is 11.7. The van der Waals surface area contributed by atoms with Gasteiger partial charge >= 0.3 is 0 Å². The van der Waals surface area contributed by atoms with Gasteiger partial charge in [-0.3, -0.25) is 0 Å². The van der Waals surface area contributed by atoms with Gasteiger partial charge in [0, 0.05) is 30.3 Å². The molecule has 102 valence electrons. The summed E-state index contributed by atoms with van der Waals surface area (Å²) in [6.45, 7) is 0. The van der Waals surface area contributed by atoms with Gasteiger partial charge in [0.15, 0.2) is 5.82 Å². The van der Waals surface area contributed by atoms with Crippen molar-refractivity contribution in [3.63, 3.8) is 0 Å². The quantitative estimate of drug-likeness (QED) is 0.869. The number of hydrogen-bond donors (Lipinski definition) is 1. The van der Waals surface area contributed by atoms with E-state index in [-0.39, 0.29) is 0 Å². The molecule has 0 amide bonds. The van der Waals surface area contributed by atoms with Crippen molar-refractivity contribution >= 4 is 5.69 Å². The second-order valence-electron chi connectivity index (χ2n) is 5.83. The lowest BCUT2D eigenvalue weighted by Crippen LogP contribution is -2.43. The molecule has 4 heteroatoms. The second-order valence-corrected chi connectivity index (χ2v) is 5.83. The lowest BCUT2D eigenvalue weighted by Gasteiger charge is -2.41. The van der Waals surface area contributed by atoms with Crippen LogP contribution in [0.2, 0.25) is 0 Å². The molecule has 4 rings (SSSR count). The number of allylic oxidation sites excluding steroid dienone is 1. The van der Waals surface area contributed by atoms with E-state index in [2.05, 4.69) is 51.9 Å². The average Bonchev–Trinajstić information content (AvgIpc) is 3.02. The van der Waals surface area contributed by atoms with Gasteiger partial charge < -0.3 is 9.88 Å². The van der Waals surface area contributed by atoms with Crippen molar-refractivity contribution in [2.75, 3.05) is 5.32 Å². The highest BCUT2D eigenvalue weighted by Crippen LogP contribution is 2.44. The molecule has 20 heavy (non-hydrogen) atoms. The predicted octanol–water partition coefficient (Wildman–Crippen LogP) is 2.86. The van der Waals surface area contributed by atoms with Crippen LogP contribution >= 0.6 is 0 Å². The van der Waals surface area contributed by atoms with Crippen molar-refractivity contribution in [3.05, 3.63) is 42.7 Å². The summed E-state index contributed by atoms with van der Waals surface area (Å²) < 4.78 is 1.94. The van der Waals surface area contributed by atoms with E-state index in [0.29, 0.717) is 6.04 Å². The number of nitrogens with zero attached hydrogens (tertiary/aromatic N) is 3. The molecular formula is C16H18N4. The molecule has 2 aromatic rings. The minimum absolute atomic E-state index is 0.591. The maximum atomic E-state index is 4.17. The smallest absolute Gasteiger partial charge is 0.163 e. The van der Waals surface area contributed by atoms with Gasteiger partial charge in [-0.25, -0.2) is 0 Å². The van der Waals surface area contributed by atoms with Crippen molar-refractivity contribution in [1.29, 1.82) is 0 Å². The minimum Gasteiger partial charge on any atom is -0.382 e. The molecular weight excluding hydrogens is 248 g/mol. The van der Waals surface area contributed by atoms with Crippen LogP contribution in [-0.2, 0) is 7.05 Å². The number of aromatic nitrogens is 3. The van der Waals surface area contributed by atoms with Crippen molar-refractivity contribution in [2.24, 2.45) is 18.9 Å². The fraction of sp³-hybridized carbons (Fsp3) is 0.375. The topological polar surface area (TPSA) is 42.7 Å². The predicted molar refractivity (Wildman–Crippen MR) is 79.2 cm³/mol. The van der Waals surface area contributed by atoms with Crippen LogP contribution in [0, 0.1) is 11.8 Å². The van der Waals surface area contributed by atoms with Gasteiger partial charge in [0.25, 0.3) is 0 Å². The van der Waals surface area contributed by atoms with E-state index >= 15 is 0 Å². The SMILES string of the molecule is Cn1cnnc1-c1cccc(NC2CC3CC=CC32)c1. The molecule has 0 bridgehead atoms. The summed E-state index contributed by atoms with van der Waals surface area (Å²) in [5, 5.41) is 11.8. The minimum atomic E-state index is 0.591. The van der Waals surface area contributed by atoms with E-state index in [1.54, 1.807) is 6.33 Å². The van der Waals surface area contributed by atoms with Gasteiger partial charge in [-0.2, -0.15) is 0 Å². The van der Waals surface area contributed by atoms with Gasteiger partial charge in [0.2, 0.25) is 0 Å². The number of nitrogens with one attached hydrogen (secondary N) is 1. The summed E-state index contributed by atoms with van der Waals surface area (Å²) in [6.07, 6.45) is 8.98. The second kappa shape index (κ2) is 4.47. The van der Waals surface area contributed by atoms with E-state index in [9.17, 15) is 0 Å². The molecule has 0 saturated heterocycles. The Morgan fingerprint density at radius 3 is 3.10 bits per heavy atom. The Balaban J connectivity index is 1.55. The summed E-state index contributed by atoms with van der Waals surface area (Å²) in [4.78, 5) is 0. The molecule has 0 spiro atoms. The van der Waals surface area contributed by atoms with Gasteiger partial charge in [0.05, 0.1) is 0 Å². The van der Waals surface area contributed by atoms with Crippen LogP contribution in [0.15, 0.2) is 42.7 Å². The normalized spacial score (nSPS) is 27.1. The summed E-state index contributed by atoms with van der Waals surface area (Å²) >= 11 is 0. The van der Waals surface area contributed by atoms with Gasteiger partial charge in [-0.05, 0) is 30.9 Å². The van der Waals surface area contributed by atoms with Crippen LogP contribution in [0.5, 0.6) is 0 Å². The van der Waals surface area contributed by atoms with Crippen LogP contribution in [0.3, 0.4) is 0 Å². The van der Waals surface area contributed by atoms with Crippen LogP contribution in [0.25, 0.3) is 11.4 Å². The standard InChI is InChI=1S/C16H18N4/c1-20-10-17-19-16(20)12-5-2-6-13(8-12)18-15-9-11-4-3-7-14(11)15/h2-3,5-8,10-11,14-15,18H,4,9H2,1H3. The van der Waals surface area contributed by atoms with Crippen molar-refractivity contribution in [1.82, 2.24) is 14.8 Å². The van der Waals surface area contributed by atoms with Crippen LogP contribution in [0.4, 0.5) is 5.69 Å². The summed E-state index contributed by atoms with van der Waals surface area (Å²) in [5.74, 6) is 2.52. The molecule has 4 nitrogen and oxygen atoms in total. The van der Waals surface area contributed by atoms with E-state index in [1.165, 1.54) is 18.5 Å². The summed E-state index contributed by atoms with van der Waals surface area (Å²) in [5.41, 5.74) is 2.28. The lowest BCUT2D eigenvalue weighted by atomic mass is 9.71. The first-order chi connectivity index (χ1) is 9.81. The monoisotopic (exact) mass is 266 g/mol. The van der Waals surface area contributed by atoms with Crippen molar-refractivity contribution in [3.8, 4) is 11.4 Å². The van der Waals surface area contributed by atoms with Crippen molar-refractivity contribution in [2.45, 2.75) is 18.9 Å². The molecule has 1 aromatic carbocycles. The van der Waals surface area contributed by atoms with Crippen molar-refractivity contribution < 1.29 is 0 Å². The Morgan fingerprint density at radius 2 is 2.30 bits per heavy atom. The lowest BCUT2D eigenvalue weighted by molar-refractivity contribution is 0.218. The Hall–Kier alpha value is -2.10. The molecule has 2 aliphatic rings. The highest BCUT2D eigenvalue weighted by molar-refractivity contribution is 5.62. The van der Waals surface area contributed by atoms with Crippen LogP contribution in [0.1, 0.15) is 12.8 Å². The number of rotatable bonds is 3. The molecule has 0 radical (unpaired) electrons. The fourth-order valence-electron chi connectivity index (χ4n) is 3.39. The number of aryl methyl sites for hydroxylation is 1. The zero-order valence-electron chi connectivity index (χ0n) is 11.5. The molecule has 1 N–H and O–H groups in total. The summed E-state index contributed by atoms with van der Waals surface area (Å²) in [7, 11) is 1.97. The Labute approximate surface area is 118 Å². The third-order valence-electron chi connectivity index (χ3n) is 4.55.